The highest BCUT2D eigenvalue weighted by molar-refractivity contribution is 6.03. The summed E-state index contributed by atoms with van der Waals surface area (Å²) >= 11 is 0. The van der Waals surface area contributed by atoms with Gasteiger partial charge in [0.15, 0.2) is 0 Å². The Bertz CT molecular complexity index is 862. The minimum absolute atomic E-state index is 0.0685. The van der Waals surface area contributed by atoms with Crippen LogP contribution in [0.25, 0.3) is 0 Å². The first-order valence-corrected chi connectivity index (χ1v) is 6.87. The van der Waals surface area contributed by atoms with E-state index >= 15 is 0 Å². The molecule has 0 saturated heterocycles. The van der Waals surface area contributed by atoms with Gasteiger partial charge >= 0.3 is 5.69 Å². The van der Waals surface area contributed by atoms with E-state index in [1.54, 1.807) is 24.3 Å². The van der Waals surface area contributed by atoms with Crippen molar-refractivity contribution in [2.75, 3.05) is 10.6 Å². The van der Waals surface area contributed by atoms with E-state index in [4.69, 9.17) is 0 Å². The van der Waals surface area contributed by atoms with Gasteiger partial charge in [-0.2, -0.15) is 9.97 Å². The number of anilines is 3. The van der Waals surface area contributed by atoms with Crippen molar-refractivity contribution in [1.82, 2.24) is 15.0 Å². The molecule has 0 fully saturated rings. The van der Waals surface area contributed by atoms with Crippen molar-refractivity contribution in [3.05, 3.63) is 76.7 Å². The molecule has 0 aliphatic carbocycles. The molecule has 0 aliphatic rings. The SMILES string of the molecule is O=C(Nc1nc(Nc2ccccc2)[nH]c(=O)n1)c1ccccc1. The third kappa shape index (κ3) is 3.79. The van der Waals surface area contributed by atoms with Crippen molar-refractivity contribution >= 4 is 23.5 Å². The number of nitrogens with zero attached hydrogens (tertiary/aromatic N) is 2. The number of benzene rings is 2. The van der Waals surface area contributed by atoms with Crippen molar-refractivity contribution < 1.29 is 4.79 Å². The van der Waals surface area contributed by atoms with Crippen LogP contribution in [0.2, 0.25) is 0 Å². The molecule has 1 heterocycles. The molecule has 2 aromatic carbocycles. The zero-order chi connectivity index (χ0) is 16.1. The highest BCUT2D eigenvalue weighted by atomic mass is 16.2. The van der Waals surface area contributed by atoms with Crippen LogP contribution in [-0.4, -0.2) is 20.9 Å². The molecule has 114 valence electrons. The van der Waals surface area contributed by atoms with E-state index in [-0.39, 0.29) is 17.8 Å². The second kappa shape index (κ2) is 6.52. The van der Waals surface area contributed by atoms with Gasteiger partial charge in [0.2, 0.25) is 11.9 Å². The number of H-pyrrole nitrogens is 1. The number of rotatable bonds is 4. The predicted molar refractivity (Wildman–Crippen MR) is 86.8 cm³/mol. The normalized spacial score (nSPS) is 10.1. The van der Waals surface area contributed by atoms with Gasteiger partial charge in [-0.15, -0.1) is 0 Å². The van der Waals surface area contributed by atoms with Crippen LogP contribution in [0.4, 0.5) is 17.6 Å². The van der Waals surface area contributed by atoms with Crippen molar-refractivity contribution in [3.63, 3.8) is 0 Å². The number of carbonyl (C=O) groups is 1. The lowest BCUT2D eigenvalue weighted by Gasteiger charge is -2.07. The molecule has 23 heavy (non-hydrogen) atoms. The molecule has 0 aliphatic heterocycles. The Hall–Kier alpha value is -3.48. The van der Waals surface area contributed by atoms with Crippen LogP contribution in [0, 0.1) is 0 Å². The molecule has 3 aromatic rings. The van der Waals surface area contributed by atoms with E-state index in [1.165, 1.54) is 0 Å². The molecule has 0 unspecified atom stereocenters. The first kappa shape index (κ1) is 14.5. The molecule has 7 nitrogen and oxygen atoms in total. The summed E-state index contributed by atoms with van der Waals surface area (Å²) in [5.74, 6) is -0.262. The molecule has 7 heteroatoms. The molecular weight excluding hydrogens is 294 g/mol. The van der Waals surface area contributed by atoms with Crippen molar-refractivity contribution in [2.24, 2.45) is 0 Å². The molecule has 1 amide bonds. The van der Waals surface area contributed by atoms with Crippen LogP contribution in [0.15, 0.2) is 65.5 Å². The molecule has 0 saturated carbocycles. The summed E-state index contributed by atoms with van der Waals surface area (Å²) in [5.41, 5.74) is 0.595. The lowest BCUT2D eigenvalue weighted by Crippen LogP contribution is -2.21. The molecule has 0 bridgehead atoms. The van der Waals surface area contributed by atoms with E-state index in [2.05, 4.69) is 25.6 Å². The van der Waals surface area contributed by atoms with Crippen LogP contribution < -0.4 is 16.3 Å². The summed E-state index contributed by atoms with van der Waals surface area (Å²) in [6, 6.07) is 17.8. The topological polar surface area (TPSA) is 99.8 Å². The fourth-order valence-electron chi connectivity index (χ4n) is 1.92. The van der Waals surface area contributed by atoms with Crippen LogP contribution in [0.5, 0.6) is 0 Å². The Kier molecular flexibility index (Phi) is 4.10. The maximum absolute atomic E-state index is 12.1. The van der Waals surface area contributed by atoms with Crippen LogP contribution >= 0.6 is 0 Å². The van der Waals surface area contributed by atoms with E-state index in [0.717, 1.165) is 5.69 Å². The third-order valence-electron chi connectivity index (χ3n) is 2.95. The summed E-state index contributed by atoms with van der Waals surface area (Å²) in [7, 11) is 0. The van der Waals surface area contributed by atoms with E-state index in [1.807, 2.05) is 36.4 Å². The molecule has 0 atom stereocenters. The maximum Gasteiger partial charge on any atom is 0.351 e. The predicted octanol–water partition coefficient (Wildman–Crippen LogP) is 2.16. The lowest BCUT2D eigenvalue weighted by molar-refractivity contribution is 0.102. The summed E-state index contributed by atoms with van der Waals surface area (Å²) in [5, 5.41) is 5.44. The molecule has 3 N–H and O–H groups in total. The minimum Gasteiger partial charge on any atom is -0.326 e. The largest absolute Gasteiger partial charge is 0.351 e. The summed E-state index contributed by atoms with van der Waals surface area (Å²) in [4.78, 5) is 33.9. The van der Waals surface area contributed by atoms with Gasteiger partial charge in [-0.1, -0.05) is 36.4 Å². The first-order valence-electron chi connectivity index (χ1n) is 6.87. The van der Waals surface area contributed by atoms with Crippen molar-refractivity contribution in [1.29, 1.82) is 0 Å². The lowest BCUT2D eigenvalue weighted by atomic mass is 10.2. The zero-order valence-electron chi connectivity index (χ0n) is 12.0. The van der Waals surface area contributed by atoms with Gasteiger partial charge in [-0.25, -0.2) is 4.79 Å². The fraction of sp³-hybridized carbons (Fsp3) is 0. The molecule has 3 rings (SSSR count). The van der Waals surface area contributed by atoms with Gasteiger partial charge in [0.05, 0.1) is 0 Å². The number of amides is 1. The quantitative estimate of drug-likeness (QED) is 0.686. The molecule has 0 spiro atoms. The Balaban J connectivity index is 1.81. The van der Waals surface area contributed by atoms with Gasteiger partial charge in [0, 0.05) is 11.3 Å². The Morgan fingerprint density at radius 2 is 1.57 bits per heavy atom. The van der Waals surface area contributed by atoms with E-state index in [0.29, 0.717) is 5.56 Å². The van der Waals surface area contributed by atoms with Gasteiger partial charge in [0.1, 0.15) is 0 Å². The number of hydrogen-bond donors (Lipinski definition) is 3. The summed E-state index contributed by atoms with van der Waals surface area (Å²) in [6.07, 6.45) is 0. The van der Waals surface area contributed by atoms with Crippen LogP contribution in [-0.2, 0) is 0 Å². The Labute approximate surface area is 131 Å². The van der Waals surface area contributed by atoms with Crippen LogP contribution in [0.1, 0.15) is 10.4 Å². The average Bonchev–Trinajstić information content (AvgIpc) is 2.56. The molecule has 1 aromatic heterocycles. The smallest absolute Gasteiger partial charge is 0.326 e. The van der Waals surface area contributed by atoms with Gasteiger partial charge in [-0.3, -0.25) is 15.1 Å². The zero-order valence-corrected chi connectivity index (χ0v) is 12.0. The highest BCUT2D eigenvalue weighted by Gasteiger charge is 2.09. The minimum atomic E-state index is -0.609. The van der Waals surface area contributed by atoms with Gasteiger partial charge in [-0.05, 0) is 24.3 Å². The number of carbonyl (C=O) groups excluding carboxylic acids is 1. The molecular formula is C16H13N5O2. The van der Waals surface area contributed by atoms with Gasteiger partial charge in [0.25, 0.3) is 5.91 Å². The number of aromatic nitrogens is 3. The van der Waals surface area contributed by atoms with E-state index < -0.39 is 5.69 Å². The highest BCUT2D eigenvalue weighted by Crippen LogP contribution is 2.11. The number of para-hydroxylation sites is 1. The third-order valence-corrected chi connectivity index (χ3v) is 2.95. The monoisotopic (exact) mass is 307 g/mol. The second-order valence-electron chi connectivity index (χ2n) is 4.64. The Morgan fingerprint density at radius 3 is 2.26 bits per heavy atom. The van der Waals surface area contributed by atoms with Crippen molar-refractivity contribution in [2.45, 2.75) is 0 Å². The Morgan fingerprint density at radius 1 is 0.913 bits per heavy atom. The fourth-order valence-corrected chi connectivity index (χ4v) is 1.92. The first-order chi connectivity index (χ1) is 11.2. The second-order valence-corrected chi connectivity index (χ2v) is 4.64. The number of aromatic amines is 1. The van der Waals surface area contributed by atoms with Gasteiger partial charge < -0.3 is 5.32 Å². The summed E-state index contributed by atoms with van der Waals surface area (Å²) < 4.78 is 0. The van der Waals surface area contributed by atoms with Crippen LogP contribution in [0.3, 0.4) is 0 Å². The van der Waals surface area contributed by atoms with Crippen molar-refractivity contribution in [3.8, 4) is 0 Å². The number of nitrogens with one attached hydrogen (secondary N) is 3. The standard InChI is InChI=1S/C16H13N5O2/c22-13(11-7-3-1-4-8-11)18-15-19-14(20-16(23)21-15)17-12-9-5-2-6-10-12/h1-10H,(H3,17,18,19,20,21,22,23). The summed E-state index contributed by atoms with van der Waals surface area (Å²) in [6.45, 7) is 0. The average molecular weight is 307 g/mol. The van der Waals surface area contributed by atoms with E-state index in [9.17, 15) is 9.59 Å². The number of hydrogen-bond acceptors (Lipinski definition) is 5. The molecule has 0 radical (unpaired) electrons. The maximum atomic E-state index is 12.1.